The van der Waals surface area contributed by atoms with E-state index in [9.17, 15) is 4.79 Å². The summed E-state index contributed by atoms with van der Waals surface area (Å²) in [7, 11) is 0. The lowest BCUT2D eigenvalue weighted by molar-refractivity contribution is 0.210. The van der Waals surface area contributed by atoms with Crippen molar-refractivity contribution in [2.45, 2.75) is 9.79 Å². The summed E-state index contributed by atoms with van der Waals surface area (Å²) in [5.74, 6) is 0. The number of hydrogen-bond acceptors (Lipinski definition) is 3. The zero-order valence-corrected chi connectivity index (χ0v) is 21.9. The molecule has 1 aliphatic rings. The summed E-state index contributed by atoms with van der Waals surface area (Å²) in [6.45, 7) is 0.385. The van der Waals surface area contributed by atoms with Crippen molar-refractivity contribution in [2.24, 2.45) is 0 Å². The minimum absolute atomic E-state index is 0.261. The van der Waals surface area contributed by atoms with Crippen LogP contribution < -0.4 is 10.7 Å². The summed E-state index contributed by atoms with van der Waals surface area (Å²) in [5.41, 5.74) is 7.72. The van der Waals surface area contributed by atoms with E-state index in [-0.39, 0.29) is 6.03 Å². The van der Waals surface area contributed by atoms with Gasteiger partial charge in [0.2, 0.25) is 0 Å². The van der Waals surface area contributed by atoms with E-state index in [0.29, 0.717) is 27.3 Å². The predicted molar refractivity (Wildman–Crippen MR) is 151 cm³/mol. The van der Waals surface area contributed by atoms with E-state index < -0.39 is 0 Å². The second-order valence-corrected chi connectivity index (χ2v) is 10.5. The first-order chi connectivity index (χ1) is 17.4. The third-order valence-electron chi connectivity index (χ3n) is 5.59. The van der Waals surface area contributed by atoms with Crippen LogP contribution in [0.25, 0.3) is 11.3 Å². The molecule has 0 fully saturated rings. The van der Waals surface area contributed by atoms with Gasteiger partial charge in [-0.25, -0.2) is 9.80 Å². The topological polar surface area (TPSA) is 44.4 Å². The van der Waals surface area contributed by atoms with Gasteiger partial charge in [-0.2, -0.15) is 0 Å². The molecule has 0 spiro atoms. The van der Waals surface area contributed by atoms with Crippen molar-refractivity contribution in [3.8, 4) is 0 Å². The first-order valence-corrected chi connectivity index (χ1v) is 13.0. The monoisotopic (exact) mass is 551 g/mol. The van der Waals surface area contributed by atoms with Gasteiger partial charge in [-0.15, -0.1) is 0 Å². The molecule has 0 atom stereocenters. The number of carbonyl (C=O) groups excluding carboxylic acids is 1. The molecule has 180 valence electrons. The van der Waals surface area contributed by atoms with Crippen LogP contribution in [0.1, 0.15) is 11.1 Å². The highest BCUT2D eigenvalue weighted by molar-refractivity contribution is 7.99. The molecule has 1 heterocycles. The van der Waals surface area contributed by atoms with Crippen molar-refractivity contribution in [3.05, 3.63) is 123 Å². The van der Waals surface area contributed by atoms with Gasteiger partial charge >= 0.3 is 6.03 Å². The van der Waals surface area contributed by atoms with Gasteiger partial charge in [-0.1, -0.05) is 70.8 Å². The van der Waals surface area contributed by atoms with Crippen molar-refractivity contribution in [2.75, 3.05) is 11.9 Å². The molecular weight excluding hydrogens is 533 g/mol. The van der Waals surface area contributed by atoms with Gasteiger partial charge in [0.1, 0.15) is 0 Å². The molecule has 0 saturated heterocycles. The quantitative estimate of drug-likeness (QED) is 0.260. The average molecular weight is 553 g/mol. The van der Waals surface area contributed by atoms with Gasteiger partial charge in [0, 0.05) is 36.1 Å². The number of benzene rings is 4. The van der Waals surface area contributed by atoms with Crippen LogP contribution in [0.2, 0.25) is 15.1 Å². The minimum Gasteiger partial charge on any atom is -0.306 e. The zero-order valence-electron chi connectivity index (χ0n) is 18.8. The third kappa shape index (κ3) is 5.82. The molecule has 2 N–H and O–H groups in total. The van der Waals surface area contributed by atoms with Crippen molar-refractivity contribution >= 4 is 69.6 Å². The van der Waals surface area contributed by atoms with Crippen LogP contribution in [0.4, 0.5) is 10.5 Å². The molecule has 0 bridgehead atoms. The molecule has 0 aromatic heterocycles. The molecule has 4 aromatic carbocycles. The Morgan fingerprint density at radius 2 is 1.17 bits per heavy atom. The zero-order chi connectivity index (χ0) is 25.1. The SMILES string of the molecule is O=C(Nc1ccc(Sc2ccc(Cl)cc2)cc1)N1CC(c2ccc(Cl)cc2)=C(c2ccc(Cl)cc2)N1. The highest BCUT2D eigenvalue weighted by atomic mass is 35.5. The molecule has 0 saturated carbocycles. The fourth-order valence-electron chi connectivity index (χ4n) is 3.78. The number of urea groups is 1. The highest BCUT2D eigenvalue weighted by Crippen LogP contribution is 2.32. The molecule has 8 heteroatoms. The lowest BCUT2D eigenvalue weighted by atomic mass is 10.0. The first-order valence-electron chi connectivity index (χ1n) is 11.1. The van der Waals surface area contributed by atoms with E-state index in [4.69, 9.17) is 34.8 Å². The van der Waals surface area contributed by atoms with E-state index in [0.717, 1.165) is 32.2 Å². The summed E-state index contributed by atoms with van der Waals surface area (Å²) in [6, 6.07) is 30.3. The smallest absolute Gasteiger partial charge is 0.306 e. The Morgan fingerprint density at radius 3 is 1.72 bits per heavy atom. The fourth-order valence-corrected chi connectivity index (χ4v) is 4.97. The molecule has 0 unspecified atom stereocenters. The maximum absolute atomic E-state index is 13.2. The third-order valence-corrected chi connectivity index (χ3v) is 7.36. The summed E-state index contributed by atoms with van der Waals surface area (Å²) in [5, 5.41) is 6.55. The Balaban J connectivity index is 1.30. The highest BCUT2D eigenvalue weighted by Gasteiger charge is 2.27. The second-order valence-electron chi connectivity index (χ2n) is 8.08. The Kier molecular flexibility index (Phi) is 7.44. The summed E-state index contributed by atoms with van der Waals surface area (Å²) in [4.78, 5) is 15.3. The Labute approximate surface area is 228 Å². The molecule has 0 aliphatic carbocycles. The molecule has 2 amide bonds. The standard InChI is InChI=1S/C28H20Cl3N3OS/c29-20-5-1-18(2-6-20)26-17-34(33-27(26)19-3-7-21(30)8-4-19)28(35)32-23-11-15-25(16-12-23)36-24-13-9-22(31)10-14-24/h1-16,33H,17H2,(H,32,35). The van der Waals surface area contributed by atoms with Gasteiger partial charge < -0.3 is 5.32 Å². The lowest BCUT2D eigenvalue weighted by Gasteiger charge is -2.19. The van der Waals surface area contributed by atoms with Gasteiger partial charge in [0.25, 0.3) is 0 Å². The molecule has 4 aromatic rings. The number of nitrogens with one attached hydrogen (secondary N) is 2. The van der Waals surface area contributed by atoms with E-state index >= 15 is 0 Å². The van der Waals surface area contributed by atoms with Crippen molar-refractivity contribution in [1.29, 1.82) is 0 Å². The molecule has 1 aliphatic heterocycles. The fraction of sp³-hybridized carbons (Fsp3) is 0.0357. The maximum Gasteiger partial charge on any atom is 0.340 e. The predicted octanol–water partition coefficient (Wildman–Crippen LogP) is 8.72. The van der Waals surface area contributed by atoms with Crippen LogP contribution in [0.15, 0.2) is 107 Å². The number of nitrogens with zero attached hydrogens (tertiary/aromatic N) is 1. The van der Waals surface area contributed by atoms with Crippen LogP contribution in [0.5, 0.6) is 0 Å². The van der Waals surface area contributed by atoms with Crippen LogP contribution >= 0.6 is 46.6 Å². The molecule has 0 radical (unpaired) electrons. The number of amides is 2. The maximum atomic E-state index is 13.2. The largest absolute Gasteiger partial charge is 0.340 e. The second kappa shape index (κ2) is 10.9. The molecule has 36 heavy (non-hydrogen) atoms. The number of halogens is 3. The van der Waals surface area contributed by atoms with E-state index in [2.05, 4.69) is 10.7 Å². The van der Waals surface area contributed by atoms with Crippen molar-refractivity contribution in [1.82, 2.24) is 10.4 Å². The van der Waals surface area contributed by atoms with E-state index in [1.807, 2.05) is 97.1 Å². The van der Waals surface area contributed by atoms with Crippen LogP contribution in [0.3, 0.4) is 0 Å². The van der Waals surface area contributed by atoms with Gasteiger partial charge in [0.05, 0.1) is 12.2 Å². The lowest BCUT2D eigenvalue weighted by Crippen LogP contribution is -2.40. The van der Waals surface area contributed by atoms with Crippen molar-refractivity contribution in [3.63, 3.8) is 0 Å². The molecular formula is C28H20Cl3N3OS. The molecule has 4 nitrogen and oxygen atoms in total. The number of rotatable bonds is 5. The summed E-state index contributed by atoms with van der Waals surface area (Å²) in [6.07, 6.45) is 0. The van der Waals surface area contributed by atoms with Crippen LogP contribution in [-0.2, 0) is 0 Å². The minimum atomic E-state index is -0.261. The number of anilines is 1. The first kappa shape index (κ1) is 24.6. The summed E-state index contributed by atoms with van der Waals surface area (Å²) < 4.78 is 0. The Bertz CT molecular complexity index is 1350. The Morgan fingerprint density at radius 1 is 0.694 bits per heavy atom. The van der Waals surface area contributed by atoms with Crippen molar-refractivity contribution < 1.29 is 4.79 Å². The van der Waals surface area contributed by atoms with E-state index in [1.54, 1.807) is 16.8 Å². The number of carbonyl (C=O) groups is 1. The van der Waals surface area contributed by atoms with E-state index in [1.165, 1.54) is 0 Å². The number of hydrazine groups is 1. The van der Waals surface area contributed by atoms with Gasteiger partial charge in [0.15, 0.2) is 0 Å². The number of hydrogen-bond donors (Lipinski definition) is 2. The summed E-state index contributed by atoms with van der Waals surface area (Å²) >= 11 is 19.8. The van der Waals surface area contributed by atoms with Gasteiger partial charge in [-0.05, 0) is 83.9 Å². The van der Waals surface area contributed by atoms with Gasteiger partial charge in [-0.3, -0.25) is 5.43 Å². The Hall–Kier alpha value is -3.09. The van der Waals surface area contributed by atoms with Crippen LogP contribution in [-0.4, -0.2) is 17.6 Å². The normalized spacial score (nSPS) is 13.0. The van der Waals surface area contributed by atoms with Crippen LogP contribution in [0, 0.1) is 0 Å². The molecule has 5 rings (SSSR count). The average Bonchev–Trinajstić information content (AvgIpc) is 3.33.